The molecule has 0 spiro atoms. The van der Waals surface area contributed by atoms with E-state index in [0.717, 1.165) is 0 Å². The Bertz CT molecular complexity index is 289. The topological polar surface area (TPSA) is 69.4 Å². The van der Waals surface area contributed by atoms with Crippen molar-refractivity contribution in [2.75, 3.05) is 13.2 Å². The molecule has 0 radical (unpaired) electrons. The zero-order chi connectivity index (χ0) is 11.5. The van der Waals surface area contributed by atoms with Gasteiger partial charge in [-0.3, -0.25) is 0 Å². The van der Waals surface area contributed by atoms with Gasteiger partial charge in [-0.2, -0.15) is 0 Å². The second kappa shape index (κ2) is 5.27. The largest absolute Gasteiger partial charge is 0.377 e. The predicted octanol–water partition coefficient (Wildman–Crippen LogP) is 0.706. The van der Waals surface area contributed by atoms with Crippen LogP contribution in [0.4, 0.5) is 0 Å². The van der Waals surface area contributed by atoms with E-state index in [1.54, 1.807) is 0 Å². The summed E-state index contributed by atoms with van der Waals surface area (Å²) in [5.74, 6) is 0. The van der Waals surface area contributed by atoms with Crippen LogP contribution in [0, 0.1) is 0 Å². The minimum atomic E-state index is -3.07. The third kappa shape index (κ3) is 2.71. The van der Waals surface area contributed by atoms with Crippen LogP contribution in [0.15, 0.2) is 0 Å². The Balaban J connectivity index is 2.79. The van der Waals surface area contributed by atoms with E-state index in [1.165, 1.54) is 0 Å². The van der Waals surface area contributed by atoms with E-state index in [2.05, 4.69) is 0 Å². The quantitative estimate of drug-likeness (QED) is 0.762. The summed E-state index contributed by atoms with van der Waals surface area (Å²) >= 11 is 0. The summed E-state index contributed by atoms with van der Waals surface area (Å²) in [6, 6.07) is 0. The number of hydrogen-bond acceptors (Lipinski definition) is 4. The van der Waals surface area contributed by atoms with Crippen LogP contribution in [0.25, 0.3) is 0 Å². The van der Waals surface area contributed by atoms with Crippen molar-refractivity contribution in [3.63, 3.8) is 0 Å². The van der Waals surface area contributed by atoms with E-state index >= 15 is 0 Å². The van der Waals surface area contributed by atoms with Crippen molar-refractivity contribution in [3.05, 3.63) is 0 Å². The molecule has 1 saturated heterocycles. The highest BCUT2D eigenvalue weighted by molar-refractivity contribution is 7.92. The van der Waals surface area contributed by atoms with Crippen molar-refractivity contribution in [1.82, 2.24) is 0 Å². The Hall–Kier alpha value is -0.130. The predicted molar refractivity (Wildman–Crippen MR) is 60.5 cm³/mol. The average Bonchev–Trinajstić information content (AvgIpc) is 2.61. The van der Waals surface area contributed by atoms with Crippen molar-refractivity contribution in [3.8, 4) is 0 Å². The van der Waals surface area contributed by atoms with Crippen LogP contribution in [0.5, 0.6) is 0 Å². The van der Waals surface area contributed by atoms with Crippen molar-refractivity contribution in [1.29, 1.82) is 0 Å². The summed E-state index contributed by atoms with van der Waals surface area (Å²) in [5.41, 5.74) is 5.44. The van der Waals surface area contributed by atoms with Crippen LogP contribution in [0.1, 0.15) is 33.1 Å². The lowest BCUT2D eigenvalue weighted by Gasteiger charge is -2.21. The van der Waals surface area contributed by atoms with Gasteiger partial charge in [0.05, 0.1) is 16.6 Å². The lowest BCUT2D eigenvalue weighted by molar-refractivity contribution is 0.126. The normalized spacial score (nSPS) is 29.3. The molecule has 0 bridgehead atoms. The highest BCUT2D eigenvalue weighted by atomic mass is 32.2. The fourth-order valence-electron chi connectivity index (χ4n) is 2.18. The smallest absolute Gasteiger partial charge is 0.158 e. The summed E-state index contributed by atoms with van der Waals surface area (Å²) in [5, 5.41) is -0.620. The molecule has 5 heteroatoms. The molecule has 1 rings (SSSR count). The Kier molecular flexibility index (Phi) is 4.55. The monoisotopic (exact) mass is 235 g/mol. The number of rotatable bonds is 5. The van der Waals surface area contributed by atoms with Gasteiger partial charge in [0, 0.05) is 6.61 Å². The van der Waals surface area contributed by atoms with Gasteiger partial charge in [0.15, 0.2) is 9.84 Å². The molecule has 0 aliphatic carbocycles. The molecule has 0 saturated carbocycles. The third-order valence-electron chi connectivity index (χ3n) is 3.14. The summed E-state index contributed by atoms with van der Waals surface area (Å²) in [6.07, 6.45) is 1.66. The van der Waals surface area contributed by atoms with Crippen LogP contribution in [0.2, 0.25) is 0 Å². The van der Waals surface area contributed by atoms with Crippen molar-refractivity contribution in [2.45, 2.75) is 49.7 Å². The molecule has 0 amide bonds. The summed E-state index contributed by atoms with van der Waals surface area (Å²) in [4.78, 5) is 0. The van der Waals surface area contributed by atoms with Crippen LogP contribution < -0.4 is 5.73 Å². The molecular formula is C10H21NO3S. The van der Waals surface area contributed by atoms with Gasteiger partial charge in [-0.25, -0.2) is 8.42 Å². The average molecular weight is 235 g/mol. The first kappa shape index (κ1) is 12.9. The van der Waals surface area contributed by atoms with E-state index in [9.17, 15) is 8.42 Å². The van der Waals surface area contributed by atoms with Gasteiger partial charge < -0.3 is 10.5 Å². The minimum absolute atomic E-state index is 0.165. The van der Waals surface area contributed by atoms with Crippen LogP contribution in [0.3, 0.4) is 0 Å². The molecule has 3 atom stereocenters. The highest BCUT2D eigenvalue weighted by Gasteiger charge is 2.39. The molecule has 90 valence electrons. The Morgan fingerprint density at radius 1 is 1.53 bits per heavy atom. The van der Waals surface area contributed by atoms with Gasteiger partial charge in [0.1, 0.15) is 0 Å². The molecule has 1 aliphatic rings. The Labute approximate surface area is 92.1 Å². The maximum absolute atomic E-state index is 12.2. The maximum Gasteiger partial charge on any atom is 0.158 e. The maximum atomic E-state index is 12.2. The first-order valence-corrected chi connectivity index (χ1v) is 7.19. The zero-order valence-electron chi connectivity index (χ0n) is 9.48. The van der Waals surface area contributed by atoms with E-state index in [-0.39, 0.29) is 16.6 Å². The first-order chi connectivity index (χ1) is 7.04. The lowest BCUT2D eigenvalue weighted by atomic mass is 10.2. The number of nitrogens with two attached hydrogens (primary N) is 1. The summed E-state index contributed by atoms with van der Waals surface area (Å²) in [7, 11) is -3.07. The summed E-state index contributed by atoms with van der Waals surface area (Å²) < 4.78 is 29.8. The third-order valence-corrected chi connectivity index (χ3v) is 6.10. The fourth-order valence-corrected chi connectivity index (χ4v) is 4.64. The zero-order valence-corrected chi connectivity index (χ0v) is 10.3. The van der Waals surface area contributed by atoms with Crippen LogP contribution >= 0.6 is 0 Å². The van der Waals surface area contributed by atoms with E-state index < -0.39 is 9.84 Å². The molecule has 15 heavy (non-hydrogen) atoms. The summed E-state index contributed by atoms with van der Waals surface area (Å²) in [6.45, 7) is 4.73. The molecule has 0 aromatic heterocycles. The van der Waals surface area contributed by atoms with Gasteiger partial charge in [-0.15, -0.1) is 0 Å². The highest BCUT2D eigenvalue weighted by Crippen LogP contribution is 2.26. The molecule has 2 N–H and O–H groups in total. The van der Waals surface area contributed by atoms with Crippen molar-refractivity contribution >= 4 is 9.84 Å². The minimum Gasteiger partial charge on any atom is -0.377 e. The van der Waals surface area contributed by atoms with Crippen LogP contribution in [-0.4, -0.2) is 38.2 Å². The number of sulfone groups is 1. The fraction of sp³-hybridized carbons (Fsp3) is 1.00. The molecule has 3 unspecified atom stereocenters. The van der Waals surface area contributed by atoms with E-state index in [0.29, 0.717) is 32.4 Å². The van der Waals surface area contributed by atoms with Crippen molar-refractivity contribution < 1.29 is 13.2 Å². The van der Waals surface area contributed by atoms with E-state index in [4.69, 9.17) is 10.5 Å². The molecule has 1 heterocycles. The lowest BCUT2D eigenvalue weighted by Crippen LogP contribution is -2.37. The second-order valence-corrected chi connectivity index (χ2v) is 6.55. The molecule has 1 fully saturated rings. The van der Waals surface area contributed by atoms with Gasteiger partial charge in [-0.05, 0) is 32.7 Å². The molecule has 4 nitrogen and oxygen atoms in total. The van der Waals surface area contributed by atoms with Gasteiger partial charge in [0.2, 0.25) is 0 Å². The second-order valence-electron chi connectivity index (χ2n) is 4.10. The van der Waals surface area contributed by atoms with Crippen molar-refractivity contribution in [2.24, 2.45) is 5.73 Å². The Morgan fingerprint density at radius 3 is 2.60 bits per heavy atom. The van der Waals surface area contributed by atoms with Crippen LogP contribution in [-0.2, 0) is 14.6 Å². The van der Waals surface area contributed by atoms with Gasteiger partial charge in [0.25, 0.3) is 0 Å². The number of ether oxygens (including phenoxy) is 1. The van der Waals surface area contributed by atoms with Gasteiger partial charge in [-0.1, -0.05) is 6.92 Å². The molecule has 1 aliphatic heterocycles. The molecule has 0 aromatic carbocycles. The first-order valence-electron chi connectivity index (χ1n) is 5.58. The standard InChI is InChI=1S/C10H21NO3S/c1-3-9(4-6-11)15(12,13)10-5-7-14-8(10)2/h8-10H,3-7,11H2,1-2H3. The Morgan fingerprint density at radius 2 is 2.20 bits per heavy atom. The molecule has 0 aromatic rings. The number of hydrogen-bond donors (Lipinski definition) is 1. The SMILES string of the molecule is CCC(CCN)S(=O)(=O)C1CCOC1C. The van der Waals surface area contributed by atoms with E-state index in [1.807, 2.05) is 13.8 Å². The van der Waals surface area contributed by atoms with Gasteiger partial charge >= 0.3 is 0 Å². The molecular weight excluding hydrogens is 214 g/mol.